The predicted molar refractivity (Wildman–Crippen MR) is 172 cm³/mol. The van der Waals surface area contributed by atoms with Crippen molar-refractivity contribution in [2.24, 2.45) is 23.3 Å². The number of carbonyl (C=O) groups excluding carboxylic acids is 5. The van der Waals surface area contributed by atoms with Crippen molar-refractivity contribution in [2.45, 2.75) is 110 Å². The molecule has 270 valence electrons. The number of anilines is 1. The van der Waals surface area contributed by atoms with Crippen molar-refractivity contribution < 1.29 is 53.5 Å². The molecule has 0 radical (unpaired) electrons. The summed E-state index contributed by atoms with van der Waals surface area (Å²) < 4.78 is 16.5. The number of rotatable bonds is 17. The summed E-state index contributed by atoms with van der Waals surface area (Å²) in [5, 5.41) is 42.2. The lowest BCUT2D eigenvalue weighted by Gasteiger charge is -2.39. The summed E-state index contributed by atoms with van der Waals surface area (Å²) >= 11 is 0. The molecule has 0 spiro atoms. The van der Waals surface area contributed by atoms with Crippen LogP contribution in [0.1, 0.15) is 59.9 Å². The molecule has 1 aliphatic rings. The van der Waals surface area contributed by atoms with E-state index in [-0.39, 0.29) is 49.4 Å². The molecule has 17 heteroatoms. The smallest absolute Gasteiger partial charge is 0.312 e. The maximum absolute atomic E-state index is 13.7. The Morgan fingerprint density at radius 3 is 2.17 bits per heavy atom. The molecule has 0 saturated carbocycles. The molecule has 2 rings (SSSR count). The first-order chi connectivity index (χ1) is 22.4. The van der Waals surface area contributed by atoms with Crippen LogP contribution in [0.3, 0.4) is 0 Å². The quantitative estimate of drug-likeness (QED) is 0.0704. The van der Waals surface area contributed by atoms with Gasteiger partial charge in [-0.1, -0.05) is 47.6 Å². The highest BCUT2D eigenvalue weighted by Gasteiger charge is 2.47. The molecule has 1 heterocycles. The summed E-state index contributed by atoms with van der Waals surface area (Å²) in [6.45, 7) is 10.8. The Balaban J connectivity index is 2.43. The summed E-state index contributed by atoms with van der Waals surface area (Å²) in [7, 11) is 0. The first kappa shape index (κ1) is 40.1. The fourth-order valence-electron chi connectivity index (χ4n) is 4.68. The van der Waals surface area contributed by atoms with Crippen molar-refractivity contribution in [2.75, 3.05) is 11.9 Å². The lowest BCUT2D eigenvalue weighted by atomic mass is 9.98. The largest absolute Gasteiger partial charge is 0.461 e. The van der Waals surface area contributed by atoms with E-state index in [0.29, 0.717) is 5.56 Å². The Hall–Kier alpha value is -4.03. The van der Waals surface area contributed by atoms with Crippen LogP contribution in [0.4, 0.5) is 10.5 Å². The van der Waals surface area contributed by atoms with Gasteiger partial charge in [0.2, 0.25) is 24.0 Å². The zero-order valence-electron chi connectivity index (χ0n) is 28.1. The van der Waals surface area contributed by atoms with E-state index >= 15 is 0 Å². The van der Waals surface area contributed by atoms with Crippen LogP contribution in [0, 0.1) is 11.8 Å². The third-order valence-electron chi connectivity index (χ3n) is 7.31. The molecule has 1 aliphatic heterocycles. The van der Waals surface area contributed by atoms with Gasteiger partial charge in [0.1, 0.15) is 36.7 Å². The van der Waals surface area contributed by atoms with E-state index in [2.05, 4.69) is 21.3 Å². The number of carbonyl (C=O) groups is 5. The van der Waals surface area contributed by atoms with Crippen molar-refractivity contribution in [3.05, 3.63) is 23.8 Å². The number of nitrogens with one attached hydrogen (secondary N) is 4. The summed E-state index contributed by atoms with van der Waals surface area (Å²) in [4.78, 5) is 62.1. The topological polar surface area (TPSA) is 274 Å². The Bertz CT molecular complexity index is 1280. The van der Waals surface area contributed by atoms with Crippen molar-refractivity contribution in [1.82, 2.24) is 16.0 Å². The van der Waals surface area contributed by atoms with Crippen LogP contribution in [0.2, 0.25) is 0 Å². The number of amides is 5. The monoisotopic (exact) mass is 682 g/mol. The van der Waals surface area contributed by atoms with E-state index < -0.39 is 78.4 Å². The number of primary amides is 2. The first-order valence-corrected chi connectivity index (χ1v) is 15.8. The molecule has 1 aromatic carbocycles. The van der Waals surface area contributed by atoms with Crippen molar-refractivity contribution in [3.63, 3.8) is 0 Å². The Morgan fingerprint density at radius 2 is 1.60 bits per heavy atom. The van der Waals surface area contributed by atoms with Crippen LogP contribution in [0.15, 0.2) is 18.2 Å². The molecule has 48 heavy (non-hydrogen) atoms. The first-order valence-electron chi connectivity index (χ1n) is 15.8. The van der Waals surface area contributed by atoms with Crippen LogP contribution < -0.4 is 37.5 Å². The van der Waals surface area contributed by atoms with E-state index in [9.17, 15) is 39.3 Å². The van der Waals surface area contributed by atoms with Gasteiger partial charge in [-0.3, -0.25) is 19.2 Å². The second-order valence-corrected chi connectivity index (χ2v) is 12.5. The van der Waals surface area contributed by atoms with E-state index in [4.69, 9.17) is 25.7 Å². The summed E-state index contributed by atoms with van der Waals surface area (Å²) in [5.74, 6) is -3.36. The van der Waals surface area contributed by atoms with Crippen LogP contribution in [0.5, 0.6) is 5.75 Å². The van der Waals surface area contributed by atoms with E-state index in [1.165, 1.54) is 18.2 Å². The fourth-order valence-corrected chi connectivity index (χ4v) is 4.68. The number of ether oxygens (including phenoxy) is 3. The highest BCUT2D eigenvalue weighted by molar-refractivity contribution is 5.99. The zero-order valence-corrected chi connectivity index (χ0v) is 28.1. The SMILES string of the molecule is CC(C)N[C@H](C(=O)N[C@@H](CCCNC(N)=O)C(=O)Nc1ccc(COC(=O)C(C)C)cc1O[C@@H]1O[C@H](C(N)=O)[C@@H](O)[C@H](O)[C@H]1O)C(C)C. The van der Waals surface area contributed by atoms with Crippen LogP contribution >= 0.6 is 0 Å². The Kier molecular flexibility index (Phi) is 15.5. The summed E-state index contributed by atoms with van der Waals surface area (Å²) in [5.41, 5.74) is 10.9. The molecule has 7 atom stereocenters. The van der Waals surface area contributed by atoms with Crippen LogP contribution in [-0.2, 0) is 35.3 Å². The van der Waals surface area contributed by atoms with Gasteiger partial charge < -0.3 is 62.3 Å². The van der Waals surface area contributed by atoms with Gasteiger partial charge in [0.05, 0.1) is 17.6 Å². The lowest BCUT2D eigenvalue weighted by molar-refractivity contribution is -0.265. The number of esters is 1. The molecule has 0 bridgehead atoms. The Labute approximate surface area is 279 Å². The zero-order chi connectivity index (χ0) is 36.3. The molecule has 0 aliphatic carbocycles. The molecule has 0 aromatic heterocycles. The van der Waals surface area contributed by atoms with E-state index in [1.54, 1.807) is 13.8 Å². The molecule has 1 aromatic rings. The van der Waals surface area contributed by atoms with E-state index in [1.807, 2.05) is 27.7 Å². The van der Waals surface area contributed by atoms with Gasteiger partial charge in [0.15, 0.2) is 6.10 Å². The summed E-state index contributed by atoms with van der Waals surface area (Å²) in [6.07, 6.45) is -8.68. The third kappa shape index (κ3) is 11.9. The highest BCUT2D eigenvalue weighted by Crippen LogP contribution is 2.31. The summed E-state index contributed by atoms with van der Waals surface area (Å²) in [6, 6.07) is 1.83. The van der Waals surface area contributed by atoms with Crippen LogP contribution in [-0.4, -0.2) is 100 Å². The number of benzene rings is 1. The number of urea groups is 1. The van der Waals surface area contributed by atoms with Crippen molar-refractivity contribution in [1.29, 1.82) is 0 Å². The number of nitrogens with two attached hydrogens (primary N) is 2. The lowest BCUT2D eigenvalue weighted by Crippen LogP contribution is -2.62. The molecular formula is C31H50N6O11. The normalized spacial score (nSPS) is 22.1. The van der Waals surface area contributed by atoms with Gasteiger partial charge in [-0.15, -0.1) is 0 Å². The average molecular weight is 683 g/mol. The Morgan fingerprint density at radius 1 is 0.938 bits per heavy atom. The van der Waals surface area contributed by atoms with Gasteiger partial charge in [-0.05, 0) is 36.5 Å². The molecular weight excluding hydrogens is 632 g/mol. The van der Waals surface area contributed by atoms with Gasteiger partial charge in [-0.2, -0.15) is 0 Å². The van der Waals surface area contributed by atoms with Gasteiger partial charge >= 0.3 is 12.0 Å². The average Bonchev–Trinajstić information content (AvgIpc) is 3.00. The number of hydrogen-bond donors (Lipinski definition) is 9. The molecule has 1 fully saturated rings. The van der Waals surface area contributed by atoms with Gasteiger partial charge in [0, 0.05) is 12.6 Å². The minimum atomic E-state index is -1.88. The van der Waals surface area contributed by atoms with Crippen molar-refractivity contribution in [3.8, 4) is 5.75 Å². The van der Waals surface area contributed by atoms with Gasteiger partial charge in [0.25, 0.3) is 0 Å². The third-order valence-corrected chi connectivity index (χ3v) is 7.31. The molecule has 11 N–H and O–H groups in total. The van der Waals surface area contributed by atoms with Gasteiger partial charge in [-0.25, -0.2) is 4.79 Å². The molecule has 17 nitrogen and oxygen atoms in total. The van der Waals surface area contributed by atoms with Crippen LogP contribution in [0.25, 0.3) is 0 Å². The number of aliphatic hydroxyl groups is 3. The second-order valence-electron chi connectivity index (χ2n) is 12.5. The maximum atomic E-state index is 13.7. The molecule has 0 unspecified atom stereocenters. The number of hydrogen-bond acceptors (Lipinski definition) is 12. The second kappa shape index (κ2) is 18.5. The number of aliphatic hydroxyl groups excluding tert-OH is 3. The molecule has 1 saturated heterocycles. The fraction of sp³-hybridized carbons (Fsp3) is 0.645. The minimum Gasteiger partial charge on any atom is -0.461 e. The van der Waals surface area contributed by atoms with E-state index in [0.717, 1.165) is 0 Å². The van der Waals surface area contributed by atoms with Crippen molar-refractivity contribution >= 4 is 35.4 Å². The standard InChI is InChI=1S/C31H50N6O11/c1-14(2)21(35-16(5)6)28(43)37-19(8-7-11-34-31(33)45)27(42)36-18-10-9-17(13-46-29(44)15(3)4)12-20(18)47-30-24(40)22(38)23(39)25(48-30)26(32)41/h9-10,12,14-16,19,21-25,30,35,38-40H,7-8,11,13H2,1-6H3,(H2,32,41)(H,36,42)(H,37,43)(H3,33,34,45)/t19-,21-,22-,23-,24+,25-,30+/m0/s1. The predicted octanol–water partition coefficient (Wildman–Crippen LogP) is -1.05. The minimum absolute atomic E-state index is 0.0150. The maximum Gasteiger partial charge on any atom is 0.312 e. The molecule has 5 amide bonds. The highest BCUT2D eigenvalue weighted by atomic mass is 16.7.